The van der Waals surface area contributed by atoms with E-state index in [-0.39, 0.29) is 5.91 Å². The molecule has 4 heterocycles. The highest BCUT2D eigenvalue weighted by Gasteiger charge is 2.32. The van der Waals surface area contributed by atoms with E-state index < -0.39 is 0 Å². The number of aryl methyl sites for hydroxylation is 2. The van der Waals surface area contributed by atoms with Gasteiger partial charge in [0.05, 0.1) is 13.1 Å². The smallest absolute Gasteiger partial charge is 0.274 e. The van der Waals surface area contributed by atoms with E-state index in [1.165, 1.54) is 18.4 Å². The van der Waals surface area contributed by atoms with Gasteiger partial charge in [0.25, 0.3) is 5.91 Å². The van der Waals surface area contributed by atoms with E-state index in [1.807, 2.05) is 39.4 Å². The summed E-state index contributed by atoms with van der Waals surface area (Å²) in [6.45, 7) is 1.82. The van der Waals surface area contributed by atoms with Crippen molar-refractivity contribution in [2.75, 3.05) is 6.54 Å². The van der Waals surface area contributed by atoms with Gasteiger partial charge in [-0.15, -0.1) is 10.2 Å². The van der Waals surface area contributed by atoms with Crippen LogP contribution in [0.4, 0.5) is 0 Å². The molecule has 3 aromatic heterocycles. The molecule has 1 aliphatic heterocycles. The van der Waals surface area contributed by atoms with Gasteiger partial charge < -0.3 is 9.47 Å². The van der Waals surface area contributed by atoms with Gasteiger partial charge in [0.2, 0.25) is 0 Å². The van der Waals surface area contributed by atoms with E-state index >= 15 is 0 Å². The third-order valence-corrected chi connectivity index (χ3v) is 7.31. The lowest BCUT2D eigenvalue weighted by molar-refractivity contribution is 0.0726. The fraction of sp³-hybridized carbons (Fsp3) is 0.423. The predicted molar refractivity (Wildman–Crippen MR) is 131 cm³/mol. The summed E-state index contributed by atoms with van der Waals surface area (Å²) in [6.07, 6.45) is 9.12. The molecule has 9 nitrogen and oxygen atoms in total. The largest absolute Gasteiger partial charge is 0.332 e. The Balaban J connectivity index is 1.29. The lowest BCUT2D eigenvalue weighted by Gasteiger charge is -2.27. The molecule has 0 radical (unpaired) electrons. The minimum absolute atomic E-state index is 0.00859. The average Bonchev–Trinajstić information content (AvgIpc) is 3.56. The van der Waals surface area contributed by atoms with Crippen LogP contribution in [0.15, 0.2) is 36.7 Å². The number of nitrogens with zero attached hydrogens (tertiary/aromatic N) is 7. The number of hydrogen-bond acceptors (Lipinski definition) is 5. The standard InChI is InChI=1S/C26H30N8O/c1-32-22-13-14-33(26(35)24-19-11-7-2-3-8-12-21(19)28-29-24)16-20(22)23(31-32)25-30-27-17-34(25)15-18-9-5-4-6-10-18/h4-6,9-10,17H,2-3,7-8,11-16H2,1H3,(H,28,29). The number of aromatic nitrogens is 7. The highest BCUT2D eigenvalue weighted by atomic mass is 16.2. The lowest BCUT2D eigenvalue weighted by atomic mass is 9.96. The van der Waals surface area contributed by atoms with Crippen LogP contribution in [0.25, 0.3) is 11.5 Å². The molecule has 1 aromatic carbocycles. The van der Waals surface area contributed by atoms with Crippen molar-refractivity contribution >= 4 is 5.91 Å². The molecule has 35 heavy (non-hydrogen) atoms. The maximum absolute atomic E-state index is 13.6. The highest BCUT2D eigenvalue weighted by Crippen LogP contribution is 2.30. The third-order valence-electron chi connectivity index (χ3n) is 7.31. The minimum atomic E-state index is 0.00859. The monoisotopic (exact) mass is 470 g/mol. The Morgan fingerprint density at radius 3 is 2.71 bits per heavy atom. The van der Waals surface area contributed by atoms with Crippen LogP contribution in [0.2, 0.25) is 0 Å². The Bertz CT molecular complexity index is 1350. The molecular weight excluding hydrogens is 440 g/mol. The molecule has 1 N–H and O–H groups in total. The first-order valence-electron chi connectivity index (χ1n) is 12.5. The van der Waals surface area contributed by atoms with Gasteiger partial charge in [-0.05, 0) is 31.2 Å². The van der Waals surface area contributed by atoms with Gasteiger partial charge in [0.15, 0.2) is 11.5 Å². The summed E-state index contributed by atoms with van der Waals surface area (Å²) in [4.78, 5) is 15.6. The van der Waals surface area contributed by atoms with Crippen molar-refractivity contribution < 1.29 is 4.79 Å². The molecule has 1 aliphatic carbocycles. The van der Waals surface area contributed by atoms with Gasteiger partial charge in [0, 0.05) is 42.5 Å². The zero-order valence-corrected chi connectivity index (χ0v) is 20.1. The van der Waals surface area contributed by atoms with E-state index in [0.717, 1.165) is 66.1 Å². The number of H-pyrrole nitrogens is 1. The molecule has 0 saturated carbocycles. The molecule has 0 spiro atoms. The zero-order valence-electron chi connectivity index (χ0n) is 20.1. The molecule has 0 fully saturated rings. The molecule has 0 unspecified atom stereocenters. The summed E-state index contributed by atoms with van der Waals surface area (Å²) in [5.74, 6) is 0.735. The molecule has 0 bridgehead atoms. The first kappa shape index (κ1) is 21.8. The van der Waals surface area contributed by atoms with Gasteiger partial charge in [-0.2, -0.15) is 10.2 Å². The molecular formula is C26H30N8O. The maximum atomic E-state index is 13.6. The summed E-state index contributed by atoms with van der Waals surface area (Å²) in [5, 5.41) is 21.1. The Morgan fingerprint density at radius 2 is 1.86 bits per heavy atom. The van der Waals surface area contributed by atoms with Crippen LogP contribution in [0.1, 0.15) is 64.2 Å². The van der Waals surface area contributed by atoms with Crippen molar-refractivity contribution in [2.24, 2.45) is 7.05 Å². The van der Waals surface area contributed by atoms with E-state index in [9.17, 15) is 4.79 Å². The Hall–Kier alpha value is -3.75. The Kier molecular flexibility index (Phi) is 5.67. The van der Waals surface area contributed by atoms with Crippen molar-refractivity contribution in [3.63, 3.8) is 0 Å². The molecule has 4 aromatic rings. The molecule has 180 valence electrons. The number of hydrogen-bond donors (Lipinski definition) is 1. The number of amides is 1. The summed E-state index contributed by atoms with van der Waals surface area (Å²) in [5.41, 5.74) is 7.03. The fourth-order valence-electron chi connectivity index (χ4n) is 5.44. The average molecular weight is 471 g/mol. The zero-order chi connectivity index (χ0) is 23.8. The van der Waals surface area contributed by atoms with Crippen LogP contribution in [0.5, 0.6) is 0 Å². The number of carbonyl (C=O) groups excluding carboxylic acids is 1. The van der Waals surface area contributed by atoms with Gasteiger partial charge in [-0.3, -0.25) is 14.6 Å². The number of benzene rings is 1. The quantitative estimate of drug-likeness (QED) is 0.494. The van der Waals surface area contributed by atoms with Gasteiger partial charge >= 0.3 is 0 Å². The van der Waals surface area contributed by atoms with Crippen molar-refractivity contribution in [3.8, 4) is 11.5 Å². The second-order valence-corrected chi connectivity index (χ2v) is 9.59. The van der Waals surface area contributed by atoms with Crippen molar-refractivity contribution in [1.29, 1.82) is 0 Å². The Morgan fingerprint density at radius 1 is 1.03 bits per heavy atom. The molecule has 0 saturated heterocycles. The molecule has 1 amide bonds. The predicted octanol–water partition coefficient (Wildman–Crippen LogP) is 3.31. The first-order chi connectivity index (χ1) is 17.2. The second kappa shape index (κ2) is 9.13. The Labute approximate surface area is 204 Å². The third kappa shape index (κ3) is 4.05. The van der Waals surface area contributed by atoms with E-state index in [0.29, 0.717) is 25.3 Å². The topological polar surface area (TPSA) is 97.5 Å². The molecule has 0 atom stereocenters. The van der Waals surface area contributed by atoms with Crippen LogP contribution in [0, 0.1) is 0 Å². The van der Waals surface area contributed by atoms with Gasteiger partial charge in [-0.25, -0.2) is 0 Å². The van der Waals surface area contributed by atoms with E-state index in [4.69, 9.17) is 5.10 Å². The summed E-state index contributed by atoms with van der Waals surface area (Å²) in [6, 6.07) is 10.3. The summed E-state index contributed by atoms with van der Waals surface area (Å²) in [7, 11) is 1.97. The summed E-state index contributed by atoms with van der Waals surface area (Å²) >= 11 is 0. The normalized spacial score (nSPS) is 15.9. The van der Waals surface area contributed by atoms with Crippen LogP contribution in [0.3, 0.4) is 0 Å². The minimum Gasteiger partial charge on any atom is -0.332 e. The highest BCUT2D eigenvalue weighted by molar-refractivity contribution is 5.94. The van der Waals surface area contributed by atoms with Crippen molar-refractivity contribution in [3.05, 3.63) is 70.4 Å². The number of nitrogens with one attached hydrogen (secondary N) is 1. The fourth-order valence-corrected chi connectivity index (χ4v) is 5.44. The molecule has 9 heteroatoms. The van der Waals surface area contributed by atoms with Gasteiger partial charge in [0.1, 0.15) is 12.0 Å². The molecule has 6 rings (SSSR count). The van der Waals surface area contributed by atoms with Crippen LogP contribution in [-0.4, -0.2) is 52.1 Å². The van der Waals surface area contributed by atoms with E-state index in [2.05, 4.69) is 32.5 Å². The summed E-state index contributed by atoms with van der Waals surface area (Å²) < 4.78 is 3.95. The number of carbonyl (C=O) groups is 1. The van der Waals surface area contributed by atoms with Crippen LogP contribution in [-0.2, 0) is 39.4 Å². The van der Waals surface area contributed by atoms with E-state index in [1.54, 1.807) is 6.33 Å². The first-order valence-corrected chi connectivity index (χ1v) is 12.5. The van der Waals surface area contributed by atoms with Crippen LogP contribution >= 0.6 is 0 Å². The lowest BCUT2D eigenvalue weighted by Crippen LogP contribution is -2.37. The van der Waals surface area contributed by atoms with Crippen molar-refractivity contribution in [1.82, 2.24) is 39.6 Å². The maximum Gasteiger partial charge on any atom is 0.274 e. The second-order valence-electron chi connectivity index (χ2n) is 9.59. The number of rotatable bonds is 4. The number of aromatic amines is 1. The number of fused-ring (bicyclic) bond motifs is 2. The van der Waals surface area contributed by atoms with Gasteiger partial charge in [-0.1, -0.05) is 43.2 Å². The van der Waals surface area contributed by atoms with Crippen LogP contribution < -0.4 is 0 Å². The SMILES string of the molecule is Cn1nc(-c2nncn2Cc2ccccc2)c2c1CCN(C(=O)c1n[nH]c3c1CCCCCC3)C2. The van der Waals surface area contributed by atoms with Crippen molar-refractivity contribution in [2.45, 2.75) is 58.0 Å². The molecule has 2 aliphatic rings.